The summed E-state index contributed by atoms with van der Waals surface area (Å²) in [7, 11) is 1.60. The lowest BCUT2D eigenvalue weighted by atomic mass is 10.2. The van der Waals surface area contributed by atoms with Crippen LogP contribution in [-0.2, 0) is 0 Å². The van der Waals surface area contributed by atoms with Crippen molar-refractivity contribution in [3.8, 4) is 17.6 Å². The summed E-state index contributed by atoms with van der Waals surface area (Å²) in [6.45, 7) is 0.345. The predicted octanol–water partition coefficient (Wildman–Crippen LogP) is 0.400. The van der Waals surface area contributed by atoms with Gasteiger partial charge in [0.15, 0.2) is 0 Å². The summed E-state index contributed by atoms with van der Waals surface area (Å²) in [5.74, 6) is 6.33. The van der Waals surface area contributed by atoms with Gasteiger partial charge in [0.1, 0.15) is 5.75 Å². The second-order valence-corrected chi connectivity index (χ2v) is 2.08. The standard InChI is InChI=1S/C9H10N2O/c1-12-9-4-6-11-7-8(9)3-2-5-10/h4,6-7H,5,10H2,1H3. The topological polar surface area (TPSA) is 48.1 Å². The molecule has 0 unspecified atom stereocenters. The minimum absolute atomic E-state index is 0.345. The molecule has 0 aromatic carbocycles. The lowest BCUT2D eigenvalue weighted by Gasteiger charge is -1.99. The van der Waals surface area contributed by atoms with E-state index in [0.717, 1.165) is 11.3 Å². The summed E-state index contributed by atoms with van der Waals surface area (Å²) in [6, 6.07) is 1.76. The van der Waals surface area contributed by atoms with Crippen molar-refractivity contribution in [2.24, 2.45) is 5.73 Å². The molecule has 1 aromatic rings. The number of hydrogen-bond acceptors (Lipinski definition) is 3. The molecule has 0 spiro atoms. The molecule has 1 aromatic heterocycles. The quantitative estimate of drug-likeness (QED) is 0.608. The molecule has 62 valence electrons. The normalized spacial score (nSPS) is 8.50. The van der Waals surface area contributed by atoms with E-state index in [-0.39, 0.29) is 0 Å². The van der Waals surface area contributed by atoms with Crippen LogP contribution in [0, 0.1) is 11.8 Å². The van der Waals surface area contributed by atoms with Crippen LogP contribution in [0.15, 0.2) is 18.5 Å². The van der Waals surface area contributed by atoms with Crippen LogP contribution in [-0.4, -0.2) is 18.6 Å². The first-order chi connectivity index (χ1) is 5.88. The molecular formula is C9H10N2O. The maximum absolute atomic E-state index is 5.23. The van der Waals surface area contributed by atoms with Crippen LogP contribution in [0.3, 0.4) is 0 Å². The van der Waals surface area contributed by atoms with Crippen LogP contribution in [0.25, 0.3) is 0 Å². The first kappa shape index (κ1) is 8.57. The molecule has 0 bridgehead atoms. The SMILES string of the molecule is COc1ccncc1C#CCN. The predicted molar refractivity (Wildman–Crippen MR) is 46.7 cm³/mol. The number of aromatic nitrogens is 1. The second kappa shape index (κ2) is 4.37. The van der Waals surface area contributed by atoms with Gasteiger partial charge in [-0.15, -0.1) is 0 Å². The third kappa shape index (κ3) is 1.97. The number of nitrogens with two attached hydrogens (primary N) is 1. The third-order valence-electron chi connectivity index (χ3n) is 1.33. The van der Waals surface area contributed by atoms with Gasteiger partial charge < -0.3 is 10.5 Å². The molecular weight excluding hydrogens is 152 g/mol. The van der Waals surface area contributed by atoms with E-state index in [1.807, 2.05) is 0 Å². The van der Waals surface area contributed by atoms with E-state index in [2.05, 4.69) is 16.8 Å². The Morgan fingerprint density at radius 1 is 1.67 bits per heavy atom. The summed E-state index contributed by atoms with van der Waals surface area (Å²) in [5, 5.41) is 0. The largest absolute Gasteiger partial charge is 0.495 e. The van der Waals surface area contributed by atoms with Gasteiger partial charge >= 0.3 is 0 Å². The number of hydrogen-bond donors (Lipinski definition) is 1. The van der Waals surface area contributed by atoms with Gasteiger partial charge in [-0.05, 0) is 6.07 Å². The number of rotatable bonds is 1. The molecule has 1 rings (SSSR count). The highest BCUT2D eigenvalue weighted by Crippen LogP contribution is 2.13. The fourth-order valence-electron chi connectivity index (χ4n) is 0.800. The summed E-state index contributed by atoms with van der Waals surface area (Å²) < 4.78 is 5.06. The molecule has 0 saturated heterocycles. The van der Waals surface area contributed by atoms with Crippen molar-refractivity contribution in [1.29, 1.82) is 0 Å². The Bertz CT molecular complexity index is 312. The minimum Gasteiger partial charge on any atom is -0.495 e. The zero-order valence-electron chi connectivity index (χ0n) is 6.87. The van der Waals surface area contributed by atoms with Gasteiger partial charge in [-0.25, -0.2) is 0 Å². The molecule has 0 aliphatic heterocycles. The van der Waals surface area contributed by atoms with Gasteiger partial charge in [0.25, 0.3) is 0 Å². The Hall–Kier alpha value is -1.53. The number of nitrogens with zero attached hydrogens (tertiary/aromatic N) is 1. The van der Waals surface area contributed by atoms with Crippen LogP contribution < -0.4 is 10.5 Å². The van der Waals surface area contributed by atoms with Crippen LogP contribution in [0.4, 0.5) is 0 Å². The summed E-state index contributed by atoms with van der Waals surface area (Å²) in [5.41, 5.74) is 6.00. The highest BCUT2D eigenvalue weighted by Gasteiger charge is 1.96. The molecule has 0 atom stereocenters. The van der Waals surface area contributed by atoms with Crippen molar-refractivity contribution in [2.45, 2.75) is 0 Å². The van der Waals surface area contributed by atoms with E-state index in [4.69, 9.17) is 10.5 Å². The Morgan fingerprint density at radius 2 is 2.50 bits per heavy atom. The lowest BCUT2D eigenvalue weighted by molar-refractivity contribution is 0.413. The van der Waals surface area contributed by atoms with Crippen molar-refractivity contribution < 1.29 is 4.74 Å². The van der Waals surface area contributed by atoms with Crippen LogP contribution >= 0.6 is 0 Å². The van der Waals surface area contributed by atoms with E-state index >= 15 is 0 Å². The molecule has 1 heterocycles. The average Bonchev–Trinajstić information content (AvgIpc) is 2.15. The molecule has 3 heteroatoms. The Balaban J connectivity index is 2.97. The summed E-state index contributed by atoms with van der Waals surface area (Å²) in [4.78, 5) is 3.92. The zero-order chi connectivity index (χ0) is 8.81. The number of ether oxygens (including phenoxy) is 1. The maximum atomic E-state index is 5.23. The van der Waals surface area contributed by atoms with E-state index < -0.39 is 0 Å². The van der Waals surface area contributed by atoms with Gasteiger partial charge in [0.2, 0.25) is 0 Å². The van der Waals surface area contributed by atoms with Gasteiger partial charge in [0, 0.05) is 12.4 Å². The average molecular weight is 162 g/mol. The number of pyridine rings is 1. The Morgan fingerprint density at radius 3 is 3.17 bits per heavy atom. The molecule has 0 aliphatic carbocycles. The zero-order valence-corrected chi connectivity index (χ0v) is 6.87. The van der Waals surface area contributed by atoms with E-state index in [1.165, 1.54) is 0 Å². The fourth-order valence-corrected chi connectivity index (χ4v) is 0.800. The molecule has 0 aliphatic rings. The minimum atomic E-state index is 0.345. The maximum Gasteiger partial charge on any atom is 0.137 e. The molecule has 0 fully saturated rings. The summed E-state index contributed by atoms with van der Waals surface area (Å²) >= 11 is 0. The van der Waals surface area contributed by atoms with Crippen molar-refractivity contribution in [1.82, 2.24) is 4.98 Å². The van der Waals surface area contributed by atoms with Crippen molar-refractivity contribution in [2.75, 3.05) is 13.7 Å². The molecule has 0 radical (unpaired) electrons. The summed E-state index contributed by atoms with van der Waals surface area (Å²) in [6.07, 6.45) is 3.31. The van der Waals surface area contributed by atoms with Crippen LogP contribution in [0.1, 0.15) is 5.56 Å². The fraction of sp³-hybridized carbons (Fsp3) is 0.222. The van der Waals surface area contributed by atoms with Crippen molar-refractivity contribution >= 4 is 0 Å². The lowest BCUT2D eigenvalue weighted by Crippen LogP contribution is -1.94. The van der Waals surface area contributed by atoms with E-state index in [0.29, 0.717) is 6.54 Å². The molecule has 12 heavy (non-hydrogen) atoms. The van der Waals surface area contributed by atoms with Crippen molar-refractivity contribution in [3.63, 3.8) is 0 Å². The van der Waals surface area contributed by atoms with Crippen molar-refractivity contribution in [3.05, 3.63) is 24.0 Å². The highest BCUT2D eigenvalue weighted by molar-refractivity contribution is 5.43. The monoisotopic (exact) mass is 162 g/mol. The first-order valence-electron chi connectivity index (χ1n) is 3.55. The Kier molecular flexibility index (Phi) is 3.12. The molecule has 2 N–H and O–H groups in total. The van der Waals surface area contributed by atoms with E-state index in [1.54, 1.807) is 25.6 Å². The highest BCUT2D eigenvalue weighted by atomic mass is 16.5. The molecule has 3 nitrogen and oxygen atoms in total. The van der Waals surface area contributed by atoms with E-state index in [9.17, 15) is 0 Å². The third-order valence-corrected chi connectivity index (χ3v) is 1.33. The Labute approximate surface area is 71.6 Å². The van der Waals surface area contributed by atoms with Gasteiger partial charge in [-0.1, -0.05) is 11.8 Å². The molecule has 0 saturated carbocycles. The van der Waals surface area contributed by atoms with Crippen LogP contribution in [0.5, 0.6) is 5.75 Å². The number of methoxy groups -OCH3 is 1. The first-order valence-corrected chi connectivity index (χ1v) is 3.55. The van der Waals surface area contributed by atoms with Gasteiger partial charge in [-0.2, -0.15) is 0 Å². The second-order valence-electron chi connectivity index (χ2n) is 2.08. The molecule has 0 amide bonds. The smallest absolute Gasteiger partial charge is 0.137 e. The van der Waals surface area contributed by atoms with Gasteiger partial charge in [-0.3, -0.25) is 4.98 Å². The van der Waals surface area contributed by atoms with Crippen LogP contribution in [0.2, 0.25) is 0 Å². The van der Waals surface area contributed by atoms with Gasteiger partial charge in [0.05, 0.1) is 19.2 Å².